The number of nitrogens with one attached hydrogen (secondary N) is 1. The zero-order chi connectivity index (χ0) is 24.0. The molecule has 2 aliphatic rings. The number of carbonyl (C=O) groups is 1. The third-order valence-electron chi connectivity index (χ3n) is 6.77. The number of anilines is 2. The van der Waals surface area contributed by atoms with Crippen LogP contribution in [0.5, 0.6) is 0 Å². The molecule has 0 bridgehead atoms. The minimum Gasteiger partial charge on any atom is -0.397 e. The lowest BCUT2D eigenvalue weighted by Gasteiger charge is -2.27. The van der Waals surface area contributed by atoms with E-state index in [9.17, 15) is 4.79 Å². The second-order valence-corrected chi connectivity index (χ2v) is 10.2. The van der Waals surface area contributed by atoms with Gasteiger partial charge in [-0.2, -0.15) is 0 Å². The summed E-state index contributed by atoms with van der Waals surface area (Å²) >= 11 is 1.30. The molecule has 1 amide bonds. The summed E-state index contributed by atoms with van der Waals surface area (Å²) < 4.78 is 20.3. The molecule has 10 heteroatoms. The maximum Gasteiger partial charge on any atom is 0.263 e. The zero-order valence-corrected chi connectivity index (χ0v) is 20.1. The van der Waals surface area contributed by atoms with Crippen LogP contribution in [0.3, 0.4) is 0 Å². The minimum absolute atomic E-state index is 0.0720. The average molecular weight is 485 g/mol. The van der Waals surface area contributed by atoms with Gasteiger partial charge in [0.25, 0.3) is 5.91 Å². The van der Waals surface area contributed by atoms with Gasteiger partial charge in [-0.3, -0.25) is 4.79 Å². The molecule has 3 aromatic rings. The number of rotatable bonds is 5. The summed E-state index contributed by atoms with van der Waals surface area (Å²) in [5, 5.41) is 3.87. The van der Waals surface area contributed by atoms with Crippen LogP contribution < -0.4 is 21.7 Å². The fraction of sp³-hybridized carbons (Fsp3) is 0.458. The van der Waals surface area contributed by atoms with Crippen molar-refractivity contribution in [2.24, 2.45) is 11.7 Å². The fourth-order valence-electron chi connectivity index (χ4n) is 4.94. The Morgan fingerprint density at radius 2 is 2.18 bits per heavy atom. The van der Waals surface area contributed by atoms with Gasteiger partial charge < -0.3 is 26.4 Å². The molecule has 0 saturated carbocycles. The molecule has 0 radical (unpaired) electrons. The van der Waals surface area contributed by atoms with Gasteiger partial charge in [-0.1, -0.05) is 0 Å². The topological polar surface area (TPSA) is 119 Å². The smallest absolute Gasteiger partial charge is 0.263 e. The number of halogens is 1. The molecule has 5 rings (SSSR count). The molecular formula is C24H29FN6O2S. The number of aromatic nitrogens is 2. The molecule has 3 aromatic heterocycles. The quantitative estimate of drug-likeness (QED) is 0.509. The molecule has 3 atom stereocenters. The molecule has 5 N–H and O–H groups in total. The van der Waals surface area contributed by atoms with E-state index in [-0.39, 0.29) is 29.7 Å². The number of nitrogen functional groups attached to an aromatic ring is 1. The van der Waals surface area contributed by atoms with Gasteiger partial charge in [0.05, 0.1) is 12.3 Å². The van der Waals surface area contributed by atoms with Gasteiger partial charge in [-0.15, -0.1) is 11.3 Å². The lowest BCUT2D eigenvalue weighted by Crippen LogP contribution is -2.39. The van der Waals surface area contributed by atoms with Crippen molar-refractivity contribution in [3.05, 3.63) is 45.8 Å². The monoisotopic (exact) mass is 484 g/mol. The van der Waals surface area contributed by atoms with E-state index >= 15 is 4.39 Å². The number of aryl methyl sites for hydroxylation is 2. The van der Waals surface area contributed by atoms with Crippen LogP contribution in [0.1, 0.15) is 33.0 Å². The standard InChI is InChI=1S/C24H29FN6O2S/c1-12-3-5-16-20(27)21(34-24(16)28-12)23(32)29-15-4-6-19-13(7-15)8-17(25)22(30-19)31-9-14(11-33-2)18(26)10-31/h3,5,8,14-15,18H,4,6-7,9-11,26-27H2,1-2H3,(H,29,32)/t14-,15+,18-/m1/s1. The van der Waals surface area contributed by atoms with Crippen molar-refractivity contribution in [1.29, 1.82) is 0 Å². The Kier molecular flexibility index (Phi) is 6.13. The number of amides is 1. The van der Waals surface area contributed by atoms with Gasteiger partial charge in [0.2, 0.25) is 0 Å². The van der Waals surface area contributed by atoms with Crippen molar-refractivity contribution in [3.63, 3.8) is 0 Å². The van der Waals surface area contributed by atoms with E-state index in [1.165, 1.54) is 11.3 Å². The van der Waals surface area contributed by atoms with Crippen LogP contribution in [0.2, 0.25) is 0 Å². The van der Waals surface area contributed by atoms with Crippen molar-refractivity contribution in [3.8, 4) is 0 Å². The molecule has 0 aromatic carbocycles. The molecule has 180 valence electrons. The van der Waals surface area contributed by atoms with Crippen LogP contribution in [0, 0.1) is 18.7 Å². The second kappa shape index (κ2) is 9.09. The Morgan fingerprint density at radius 3 is 2.97 bits per heavy atom. The third-order valence-corrected chi connectivity index (χ3v) is 7.88. The van der Waals surface area contributed by atoms with Crippen LogP contribution in [-0.4, -0.2) is 54.8 Å². The number of thiophene rings is 1. The molecule has 4 heterocycles. The van der Waals surface area contributed by atoms with E-state index in [4.69, 9.17) is 16.2 Å². The predicted molar refractivity (Wildman–Crippen MR) is 132 cm³/mol. The van der Waals surface area contributed by atoms with E-state index in [1.54, 1.807) is 13.2 Å². The van der Waals surface area contributed by atoms with Gasteiger partial charge in [-0.05, 0) is 49.9 Å². The van der Waals surface area contributed by atoms with Crippen LogP contribution >= 0.6 is 11.3 Å². The van der Waals surface area contributed by atoms with Gasteiger partial charge in [0.1, 0.15) is 9.71 Å². The summed E-state index contributed by atoms with van der Waals surface area (Å²) in [6.45, 7) is 3.64. The summed E-state index contributed by atoms with van der Waals surface area (Å²) in [5.41, 5.74) is 15.5. The van der Waals surface area contributed by atoms with Gasteiger partial charge in [0, 0.05) is 55.0 Å². The molecule has 0 unspecified atom stereocenters. The van der Waals surface area contributed by atoms with Crippen molar-refractivity contribution >= 4 is 39.0 Å². The van der Waals surface area contributed by atoms with Gasteiger partial charge >= 0.3 is 0 Å². The molecule has 0 spiro atoms. The third kappa shape index (κ3) is 4.21. The number of hydrogen-bond donors (Lipinski definition) is 3. The molecule has 1 saturated heterocycles. The molecular weight excluding hydrogens is 455 g/mol. The summed E-state index contributed by atoms with van der Waals surface area (Å²) in [4.78, 5) is 25.3. The largest absolute Gasteiger partial charge is 0.397 e. The SMILES string of the molecule is COC[C@H]1CN(c2nc3c(cc2F)C[C@@H](NC(=O)c2sc4nc(C)ccc4c2N)CC3)C[C@H]1N. The van der Waals surface area contributed by atoms with E-state index in [0.29, 0.717) is 48.9 Å². The number of hydrogen-bond acceptors (Lipinski definition) is 8. The summed E-state index contributed by atoms with van der Waals surface area (Å²) in [7, 11) is 1.65. The Hall–Kier alpha value is -2.82. The normalized spacial score (nSPS) is 22.2. The van der Waals surface area contributed by atoms with Crippen molar-refractivity contribution in [1.82, 2.24) is 15.3 Å². The highest BCUT2D eigenvalue weighted by atomic mass is 32.1. The average Bonchev–Trinajstić information content (AvgIpc) is 3.32. The minimum atomic E-state index is -0.355. The molecule has 1 aliphatic carbocycles. The number of nitrogens with zero attached hydrogens (tertiary/aromatic N) is 3. The second-order valence-electron chi connectivity index (χ2n) is 9.25. The zero-order valence-electron chi connectivity index (χ0n) is 19.3. The van der Waals surface area contributed by atoms with E-state index in [2.05, 4.69) is 15.3 Å². The van der Waals surface area contributed by atoms with Gasteiger partial charge in [-0.25, -0.2) is 14.4 Å². The van der Waals surface area contributed by atoms with Crippen LogP contribution in [0.4, 0.5) is 15.9 Å². The number of carbonyl (C=O) groups excluding carboxylic acids is 1. The predicted octanol–water partition coefficient (Wildman–Crippen LogP) is 2.42. The first-order valence-corrected chi connectivity index (χ1v) is 12.3. The van der Waals surface area contributed by atoms with Crippen molar-refractivity contribution < 1.29 is 13.9 Å². The number of ether oxygens (including phenoxy) is 1. The Balaban J connectivity index is 1.30. The number of methoxy groups -OCH3 is 1. The highest BCUT2D eigenvalue weighted by Crippen LogP contribution is 2.33. The first-order chi connectivity index (χ1) is 16.3. The first kappa shape index (κ1) is 22.9. The maximum atomic E-state index is 15.0. The number of nitrogens with two attached hydrogens (primary N) is 2. The molecule has 8 nitrogen and oxygen atoms in total. The lowest BCUT2D eigenvalue weighted by atomic mass is 9.91. The molecule has 1 aliphatic heterocycles. The summed E-state index contributed by atoms with van der Waals surface area (Å²) in [6.07, 6.45) is 1.92. The number of pyridine rings is 2. The Morgan fingerprint density at radius 1 is 1.35 bits per heavy atom. The van der Waals surface area contributed by atoms with E-state index < -0.39 is 0 Å². The summed E-state index contributed by atoms with van der Waals surface area (Å²) in [6, 6.07) is 5.16. The van der Waals surface area contributed by atoms with Crippen molar-refractivity contribution in [2.75, 3.05) is 37.4 Å². The van der Waals surface area contributed by atoms with Crippen LogP contribution in [0.15, 0.2) is 18.2 Å². The lowest BCUT2D eigenvalue weighted by molar-refractivity contribution is 0.0938. The van der Waals surface area contributed by atoms with E-state index in [0.717, 1.165) is 33.6 Å². The number of fused-ring (bicyclic) bond motifs is 2. The highest BCUT2D eigenvalue weighted by Gasteiger charge is 2.33. The summed E-state index contributed by atoms with van der Waals surface area (Å²) in [5.74, 6) is -0.0588. The van der Waals surface area contributed by atoms with E-state index in [1.807, 2.05) is 24.0 Å². The van der Waals surface area contributed by atoms with Crippen LogP contribution in [-0.2, 0) is 17.6 Å². The molecule has 34 heavy (non-hydrogen) atoms. The van der Waals surface area contributed by atoms with Crippen LogP contribution in [0.25, 0.3) is 10.2 Å². The Bertz CT molecular complexity index is 1250. The maximum absolute atomic E-state index is 15.0. The fourth-order valence-corrected chi connectivity index (χ4v) is 5.98. The van der Waals surface area contributed by atoms with Gasteiger partial charge in [0.15, 0.2) is 11.6 Å². The first-order valence-electron chi connectivity index (χ1n) is 11.5. The molecule has 1 fully saturated rings. The Labute approximate surface area is 201 Å². The van der Waals surface area contributed by atoms with Crippen molar-refractivity contribution in [2.45, 2.75) is 38.3 Å². The highest BCUT2D eigenvalue weighted by molar-refractivity contribution is 7.21.